The van der Waals surface area contributed by atoms with Crippen molar-refractivity contribution in [3.63, 3.8) is 0 Å². The molecule has 0 atom stereocenters. The van der Waals surface area contributed by atoms with Gasteiger partial charge in [0.15, 0.2) is 6.07 Å². The fourth-order valence-electron chi connectivity index (χ4n) is 0.0787. The molecule has 0 spiro atoms. The summed E-state index contributed by atoms with van der Waals surface area (Å²) >= 11 is 5.01. The molecule has 0 aliphatic rings. The van der Waals surface area contributed by atoms with Gasteiger partial charge in [0.2, 0.25) is 0 Å². The van der Waals surface area contributed by atoms with E-state index >= 15 is 0 Å². The molecule has 5 heteroatoms. The van der Waals surface area contributed by atoms with Crippen molar-refractivity contribution in [3.8, 4) is 0 Å². The zero-order chi connectivity index (χ0) is 5.54. The lowest BCUT2D eigenvalue weighted by Gasteiger charge is -1.83. The first-order valence-corrected chi connectivity index (χ1v) is 2.06. The van der Waals surface area contributed by atoms with Gasteiger partial charge in [-0.15, -0.1) is 0 Å². The minimum atomic E-state index is -0.00708. The van der Waals surface area contributed by atoms with Gasteiger partial charge in [-0.3, -0.25) is 0 Å². The molecule has 0 aromatic rings. The van der Waals surface area contributed by atoms with Crippen LogP contribution in [0.1, 0.15) is 0 Å². The first-order valence-electron chi connectivity index (χ1n) is 1.53. The lowest BCUT2D eigenvalue weighted by molar-refractivity contribution is 0.0858. The molecule has 4 nitrogen and oxygen atoms in total. The molecule has 0 fully saturated rings. The maximum absolute atomic E-state index is 5.01. The Bertz CT molecular complexity index is 57.7. The molecule has 0 heterocycles. The number of hydrogen-bond acceptors (Lipinski definition) is 4. The average molecular weight is 125 g/mol. The van der Waals surface area contributed by atoms with Gasteiger partial charge in [0, 0.05) is 0 Å². The second-order valence-electron chi connectivity index (χ2n) is 0.584. The third kappa shape index (κ3) is 5.49. The van der Waals surface area contributed by atoms with Crippen LogP contribution in [0.25, 0.3) is 0 Å². The monoisotopic (exact) mass is 124 g/mol. The molecule has 0 aliphatic carbocycles. The summed E-state index contributed by atoms with van der Waals surface area (Å²) in [6.07, 6.45) is 0. The van der Waals surface area contributed by atoms with Crippen molar-refractivity contribution in [1.82, 2.24) is 0 Å². The maximum Gasteiger partial charge on any atom is 0.192 e. The highest BCUT2D eigenvalue weighted by atomic mass is 35.5. The Morgan fingerprint density at radius 3 is 2.71 bits per heavy atom. The number of alkyl halides is 1. The third-order valence-electron chi connectivity index (χ3n) is 0.222. The van der Waals surface area contributed by atoms with Crippen molar-refractivity contribution in [1.29, 1.82) is 0 Å². The summed E-state index contributed by atoms with van der Waals surface area (Å²) in [5, 5.41) is 5.96. The number of halogens is 1. The van der Waals surface area contributed by atoms with Crippen molar-refractivity contribution in [2.75, 3.05) is 13.2 Å². The molecule has 0 unspecified atom stereocenters. The summed E-state index contributed by atoms with van der Waals surface area (Å²) in [4.78, 5) is 8.29. The topological polar surface area (TPSA) is 43.2 Å². The largest absolute Gasteiger partial charge is 0.380 e. The smallest absolute Gasteiger partial charge is 0.192 e. The zero-order valence-electron chi connectivity index (χ0n) is 3.80. The first-order chi connectivity index (χ1) is 3.41. The summed E-state index contributed by atoms with van der Waals surface area (Å²) in [5.41, 5.74) is 0. The normalized spacial score (nSPS) is 9.43. The predicted molar refractivity (Wildman–Crippen MR) is 23.7 cm³/mol. The van der Waals surface area contributed by atoms with Crippen LogP contribution in [0.15, 0.2) is 10.6 Å². The predicted octanol–water partition coefficient (Wildman–Crippen LogP) is 1.13. The third-order valence-corrected chi connectivity index (χ3v) is 0.319. The van der Waals surface area contributed by atoms with Crippen LogP contribution in [0.2, 0.25) is 0 Å². The molecule has 0 aliphatic heterocycles. The molecule has 0 N–H and O–H groups in total. The number of rotatable bonds is 3. The Labute approximate surface area is 46.0 Å². The Hall–Kier alpha value is -0.510. The van der Waals surface area contributed by atoms with E-state index in [-0.39, 0.29) is 6.07 Å². The van der Waals surface area contributed by atoms with Gasteiger partial charge in [-0.2, -0.15) is 0 Å². The van der Waals surface area contributed by atoms with Crippen molar-refractivity contribution >= 4 is 11.6 Å². The highest BCUT2D eigenvalue weighted by Crippen LogP contribution is 1.80. The molecule has 42 valence electrons. The molecule has 0 amide bonds. The van der Waals surface area contributed by atoms with E-state index in [1.807, 2.05) is 0 Å². The summed E-state index contributed by atoms with van der Waals surface area (Å²) in [6.45, 7) is 0. The van der Waals surface area contributed by atoms with Crippen molar-refractivity contribution in [2.45, 2.75) is 0 Å². The van der Waals surface area contributed by atoms with E-state index in [0.717, 1.165) is 0 Å². The van der Waals surface area contributed by atoms with E-state index in [1.165, 1.54) is 7.11 Å². The fourth-order valence-corrected chi connectivity index (χ4v) is 0.122. The molecule has 0 saturated carbocycles. The molecule has 0 radical (unpaired) electrons. The molecule has 0 saturated heterocycles. The van der Waals surface area contributed by atoms with Gasteiger partial charge in [0.25, 0.3) is 0 Å². The summed E-state index contributed by atoms with van der Waals surface area (Å²) in [7, 11) is 1.36. The Morgan fingerprint density at radius 1 is 1.57 bits per heavy atom. The number of hydrogen-bond donors (Lipinski definition) is 0. The van der Waals surface area contributed by atoms with E-state index in [2.05, 4.69) is 20.2 Å². The maximum atomic E-state index is 5.01. The van der Waals surface area contributed by atoms with E-state index < -0.39 is 0 Å². The molecule has 0 aromatic heterocycles. The molecular formula is C2H5ClN2O2. The molecular weight excluding hydrogens is 119 g/mol. The van der Waals surface area contributed by atoms with Crippen molar-refractivity contribution in [2.24, 2.45) is 10.6 Å². The quantitative estimate of drug-likeness (QED) is 0.322. The van der Waals surface area contributed by atoms with Crippen LogP contribution in [0.3, 0.4) is 0 Å². The average Bonchev–Trinajstić information content (AvgIpc) is 1.69. The molecule has 0 bridgehead atoms. The molecule has 0 rings (SSSR count). The second-order valence-corrected chi connectivity index (χ2v) is 0.802. The minimum Gasteiger partial charge on any atom is -0.380 e. The van der Waals surface area contributed by atoms with Gasteiger partial charge in [0.1, 0.15) is 7.11 Å². The lowest BCUT2D eigenvalue weighted by Crippen LogP contribution is -1.72. The zero-order valence-corrected chi connectivity index (χ0v) is 4.55. The molecule has 0 aromatic carbocycles. The van der Waals surface area contributed by atoms with Crippen LogP contribution in [0, 0.1) is 0 Å². The highest BCUT2D eigenvalue weighted by molar-refractivity contribution is 6.17. The Morgan fingerprint density at radius 2 is 2.29 bits per heavy atom. The van der Waals surface area contributed by atoms with Gasteiger partial charge >= 0.3 is 0 Å². The molecule has 7 heavy (non-hydrogen) atoms. The van der Waals surface area contributed by atoms with Crippen LogP contribution in [-0.4, -0.2) is 13.2 Å². The van der Waals surface area contributed by atoms with Gasteiger partial charge in [-0.1, -0.05) is 11.6 Å². The van der Waals surface area contributed by atoms with Crippen LogP contribution < -0.4 is 0 Å². The van der Waals surface area contributed by atoms with E-state index in [4.69, 9.17) is 11.6 Å². The van der Waals surface area contributed by atoms with Gasteiger partial charge in [-0.25, -0.2) is 0 Å². The van der Waals surface area contributed by atoms with Crippen LogP contribution in [-0.2, 0) is 9.68 Å². The Balaban J connectivity index is 2.78. The minimum absolute atomic E-state index is 0.00708. The van der Waals surface area contributed by atoms with Crippen LogP contribution in [0.4, 0.5) is 0 Å². The standard InChI is InChI=1S/C2H5ClN2O2/c1-6-4-5-7-2-3/h2H2,1H3. The van der Waals surface area contributed by atoms with E-state index in [0.29, 0.717) is 0 Å². The second kappa shape index (κ2) is 5.49. The first kappa shape index (κ1) is 6.49. The van der Waals surface area contributed by atoms with Crippen LogP contribution in [0.5, 0.6) is 0 Å². The summed E-state index contributed by atoms with van der Waals surface area (Å²) < 4.78 is 0. The Kier molecular flexibility index (Phi) is 5.09. The van der Waals surface area contributed by atoms with Gasteiger partial charge in [0.05, 0.1) is 10.6 Å². The highest BCUT2D eigenvalue weighted by Gasteiger charge is 1.68. The van der Waals surface area contributed by atoms with Crippen LogP contribution >= 0.6 is 11.6 Å². The van der Waals surface area contributed by atoms with Crippen molar-refractivity contribution in [3.05, 3.63) is 0 Å². The van der Waals surface area contributed by atoms with Crippen molar-refractivity contribution < 1.29 is 9.68 Å². The number of nitrogens with zero attached hydrogens (tertiary/aromatic N) is 2. The van der Waals surface area contributed by atoms with E-state index in [1.54, 1.807) is 0 Å². The van der Waals surface area contributed by atoms with Gasteiger partial charge < -0.3 is 9.68 Å². The summed E-state index contributed by atoms with van der Waals surface area (Å²) in [5.74, 6) is 0. The lowest BCUT2D eigenvalue weighted by atomic mass is 11.7. The fraction of sp³-hybridized carbons (Fsp3) is 1.00. The SMILES string of the molecule is CON=NOCCl. The van der Waals surface area contributed by atoms with Gasteiger partial charge in [-0.05, 0) is 0 Å². The summed E-state index contributed by atoms with van der Waals surface area (Å²) in [6, 6.07) is -0.00708. The van der Waals surface area contributed by atoms with E-state index in [9.17, 15) is 0 Å².